The molecule has 0 aliphatic heterocycles. The van der Waals surface area contributed by atoms with Crippen molar-refractivity contribution >= 4 is 5.82 Å². The highest BCUT2D eigenvalue weighted by molar-refractivity contribution is 5.40. The van der Waals surface area contributed by atoms with Gasteiger partial charge in [-0.3, -0.25) is 0 Å². The summed E-state index contributed by atoms with van der Waals surface area (Å²) in [5.74, 6) is 0.638. The van der Waals surface area contributed by atoms with Crippen LogP contribution < -0.4 is 5.73 Å². The third-order valence-corrected chi connectivity index (χ3v) is 1.70. The SMILES string of the molecule is CC(C)(C)n1c(N)ccc1C#N. The third kappa shape index (κ3) is 1.28. The van der Waals surface area contributed by atoms with Crippen LogP contribution in [-0.4, -0.2) is 4.57 Å². The van der Waals surface area contributed by atoms with Crippen LogP contribution in [-0.2, 0) is 5.54 Å². The molecule has 0 radical (unpaired) electrons. The zero-order valence-corrected chi connectivity index (χ0v) is 7.63. The number of hydrogen-bond donors (Lipinski definition) is 1. The maximum absolute atomic E-state index is 8.77. The first-order valence-corrected chi connectivity index (χ1v) is 3.84. The largest absolute Gasteiger partial charge is 0.385 e. The van der Waals surface area contributed by atoms with Crippen molar-refractivity contribution in [2.75, 3.05) is 5.73 Å². The van der Waals surface area contributed by atoms with Crippen molar-refractivity contribution in [1.29, 1.82) is 5.26 Å². The number of nitrogen functional groups attached to an aromatic ring is 1. The minimum atomic E-state index is -0.126. The smallest absolute Gasteiger partial charge is 0.122 e. The van der Waals surface area contributed by atoms with Crippen LogP contribution in [0, 0.1) is 11.3 Å². The summed E-state index contributed by atoms with van der Waals surface area (Å²) in [7, 11) is 0. The molecule has 2 N–H and O–H groups in total. The normalized spacial score (nSPS) is 11.2. The zero-order valence-electron chi connectivity index (χ0n) is 7.63. The Kier molecular flexibility index (Phi) is 1.85. The fourth-order valence-electron chi connectivity index (χ4n) is 1.29. The molecule has 0 bridgehead atoms. The first kappa shape index (κ1) is 8.66. The molecule has 0 saturated carbocycles. The molecule has 0 atom stereocenters. The van der Waals surface area contributed by atoms with Crippen molar-refractivity contribution in [1.82, 2.24) is 4.57 Å². The Morgan fingerprint density at radius 1 is 1.42 bits per heavy atom. The molecule has 0 aliphatic carbocycles. The molecule has 1 heterocycles. The van der Waals surface area contributed by atoms with E-state index in [4.69, 9.17) is 11.0 Å². The number of rotatable bonds is 0. The summed E-state index contributed by atoms with van der Waals surface area (Å²) in [4.78, 5) is 0. The first-order valence-electron chi connectivity index (χ1n) is 3.84. The van der Waals surface area contributed by atoms with Crippen LogP contribution in [0.3, 0.4) is 0 Å². The lowest BCUT2D eigenvalue weighted by atomic mass is 10.1. The van der Waals surface area contributed by atoms with Crippen molar-refractivity contribution in [2.45, 2.75) is 26.3 Å². The Morgan fingerprint density at radius 3 is 2.33 bits per heavy atom. The number of nitrogens with two attached hydrogens (primary N) is 1. The second-order valence-electron chi connectivity index (χ2n) is 3.76. The van der Waals surface area contributed by atoms with Crippen LogP contribution in [0.1, 0.15) is 26.5 Å². The second kappa shape index (κ2) is 2.56. The van der Waals surface area contributed by atoms with Gasteiger partial charge in [0.05, 0.1) is 0 Å². The highest BCUT2D eigenvalue weighted by Crippen LogP contribution is 2.22. The summed E-state index contributed by atoms with van der Waals surface area (Å²) in [6.07, 6.45) is 0. The molecular weight excluding hydrogens is 150 g/mol. The van der Waals surface area contributed by atoms with E-state index in [-0.39, 0.29) is 5.54 Å². The van der Waals surface area contributed by atoms with E-state index < -0.39 is 0 Å². The van der Waals surface area contributed by atoms with Gasteiger partial charge in [0, 0.05) is 5.54 Å². The molecule has 0 aliphatic rings. The average Bonchev–Trinajstić information content (AvgIpc) is 2.29. The van der Waals surface area contributed by atoms with Gasteiger partial charge in [-0.25, -0.2) is 0 Å². The van der Waals surface area contributed by atoms with Gasteiger partial charge in [-0.15, -0.1) is 0 Å². The van der Waals surface area contributed by atoms with Gasteiger partial charge < -0.3 is 10.3 Å². The number of nitrogens with zero attached hydrogens (tertiary/aromatic N) is 2. The van der Waals surface area contributed by atoms with E-state index in [9.17, 15) is 0 Å². The Morgan fingerprint density at radius 2 is 2.00 bits per heavy atom. The van der Waals surface area contributed by atoms with Crippen molar-refractivity contribution < 1.29 is 0 Å². The fourth-order valence-corrected chi connectivity index (χ4v) is 1.29. The number of nitriles is 1. The summed E-state index contributed by atoms with van der Waals surface area (Å²) in [5.41, 5.74) is 6.20. The van der Waals surface area contributed by atoms with Gasteiger partial charge in [-0.05, 0) is 32.9 Å². The van der Waals surface area contributed by atoms with Crippen molar-refractivity contribution in [3.8, 4) is 6.07 Å². The molecule has 0 fully saturated rings. The molecule has 0 saturated heterocycles. The minimum Gasteiger partial charge on any atom is -0.385 e. The van der Waals surface area contributed by atoms with Crippen molar-refractivity contribution in [3.05, 3.63) is 17.8 Å². The Bertz CT molecular complexity index is 323. The minimum absolute atomic E-state index is 0.126. The maximum atomic E-state index is 8.77. The predicted octanol–water partition coefficient (Wildman–Crippen LogP) is 1.70. The van der Waals surface area contributed by atoms with E-state index in [0.717, 1.165) is 0 Å². The number of aromatic nitrogens is 1. The molecule has 3 heteroatoms. The predicted molar refractivity (Wildman–Crippen MR) is 48.6 cm³/mol. The maximum Gasteiger partial charge on any atom is 0.122 e. The van der Waals surface area contributed by atoms with Gasteiger partial charge in [-0.2, -0.15) is 5.26 Å². The van der Waals surface area contributed by atoms with E-state index in [2.05, 4.69) is 6.07 Å². The molecule has 1 rings (SSSR count). The molecule has 0 spiro atoms. The lowest BCUT2D eigenvalue weighted by Crippen LogP contribution is -2.24. The van der Waals surface area contributed by atoms with Gasteiger partial charge in [0.15, 0.2) is 0 Å². The van der Waals surface area contributed by atoms with Gasteiger partial charge in [0.2, 0.25) is 0 Å². The van der Waals surface area contributed by atoms with Crippen LogP contribution in [0.2, 0.25) is 0 Å². The molecule has 3 nitrogen and oxygen atoms in total. The first-order chi connectivity index (χ1) is 5.46. The summed E-state index contributed by atoms with van der Waals surface area (Å²) < 4.78 is 1.83. The summed E-state index contributed by atoms with van der Waals surface area (Å²) >= 11 is 0. The van der Waals surface area contributed by atoms with Gasteiger partial charge in [0.25, 0.3) is 0 Å². The molecule has 0 unspecified atom stereocenters. The summed E-state index contributed by atoms with van der Waals surface area (Å²) in [5, 5.41) is 8.77. The van der Waals surface area contributed by atoms with Gasteiger partial charge in [0.1, 0.15) is 17.6 Å². The number of anilines is 1. The quantitative estimate of drug-likeness (QED) is 0.632. The Balaban J connectivity index is 3.32. The molecule has 1 aromatic heterocycles. The van der Waals surface area contributed by atoms with Crippen LogP contribution in [0.4, 0.5) is 5.82 Å². The van der Waals surface area contributed by atoms with E-state index in [1.165, 1.54) is 0 Å². The Labute approximate surface area is 72.4 Å². The van der Waals surface area contributed by atoms with Crippen LogP contribution >= 0.6 is 0 Å². The molecule has 64 valence electrons. The second-order valence-corrected chi connectivity index (χ2v) is 3.76. The van der Waals surface area contributed by atoms with Gasteiger partial charge in [-0.1, -0.05) is 0 Å². The lowest BCUT2D eigenvalue weighted by molar-refractivity contribution is 0.401. The highest BCUT2D eigenvalue weighted by Gasteiger charge is 2.18. The highest BCUT2D eigenvalue weighted by atomic mass is 15.1. The van der Waals surface area contributed by atoms with E-state index in [1.54, 1.807) is 12.1 Å². The molecule has 12 heavy (non-hydrogen) atoms. The van der Waals surface area contributed by atoms with E-state index in [0.29, 0.717) is 11.5 Å². The topological polar surface area (TPSA) is 54.7 Å². The van der Waals surface area contributed by atoms with E-state index in [1.807, 2.05) is 25.3 Å². The average molecular weight is 163 g/mol. The molecule has 0 aromatic carbocycles. The Hall–Kier alpha value is -1.43. The van der Waals surface area contributed by atoms with Crippen LogP contribution in [0.15, 0.2) is 12.1 Å². The summed E-state index contributed by atoms with van der Waals surface area (Å²) in [6, 6.07) is 5.60. The monoisotopic (exact) mass is 163 g/mol. The molecule has 1 aromatic rings. The summed E-state index contributed by atoms with van der Waals surface area (Å²) in [6.45, 7) is 6.05. The fraction of sp³-hybridized carbons (Fsp3) is 0.444. The zero-order chi connectivity index (χ0) is 9.35. The van der Waals surface area contributed by atoms with Gasteiger partial charge >= 0.3 is 0 Å². The number of hydrogen-bond acceptors (Lipinski definition) is 2. The molecule has 0 amide bonds. The van der Waals surface area contributed by atoms with Crippen molar-refractivity contribution in [3.63, 3.8) is 0 Å². The standard InChI is InChI=1S/C9H13N3/c1-9(2,3)12-7(6-10)4-5-8(12)11/h4-5H,11H2,1-3H3. The van der Waals surface area contributed by atoms with Crippen LogP contribution in [0.25, 0.3) is 0 Å². The van der Waals surface area contributed by atoms with Crippen LogP contribution in [0.5, 0.6) is 0 Å². The molecular formula is C9H13N3. The van der Waals surface area contributed by atoms with Crippen molar-refractivity contribution in [2.24, 2.45) is 0 Å². The third-order valence-electron chi connectivity index (χ3n) is 1.70. The van der Waals surface area contributed by atoms with E-state index >= 15 is 0 Å². The lowest BCUT2D eigenvalue weighted by Gasteiger charge is -2.23.